The molecular formula is C7H6F10O2. The molecule has 12 heteroatoms. The van der Waals surface area contributed by atoms with Crippen LogP contribution in [-0.4, -0.2) is 46.1 Å². The van der Waals surface area contributed by atoms with Gasteiger partial charge in [0.2, 0.25) is 6.29 Å². The lowest BCUT2D eigenvalue weighted by Crippen LogP contribution is -2.68. The predicted octanol–water partition coefficient (Wildman–Crippen LogP) is 2.49. The molecule has 116 valence electrons. The summed E-state index contributed by atoms with van der Waals surface area (Å²) in [7, 11) is 0. The fourth-order valence-corrected chi connectivity index (χ4v) is 0.844. The van der Waals surface area contributed by atoms with Crippen LogP contribution in [-0.2, 0) is 0 Å². The predicted molar refractivity (Wildman–Crippen MR) is 38.6 cm³/mol. The average Bonchev–Trinajstić information content (AvgIpc) is 2.14. The van der Waals surface area contributed by atoms with Crippen molar-refractivity contribution >= 4 is 0 Å². The van der Waals surface area contributed by atoms with E-state index in [4.69, 9.17) is 10.2 Å². The molecule has 2 N–H and O–H groups in total. The standard InChI is InChI=1S/C7H6F10O2/c1-3(8,9)5(12,13)7(16,17)6(14,15)4(10,11)2(18)19/h2,18-19H,1H3. The fraction of sp³-hybridized carbons (Fsp3) is 1.00. The monoisotopic (exact) mass is 312 g/mol. The third kappa shape index (κ3) is 2.35. The highest BCUT2D eigenvalue weighted by Crippen LogP contribution is 2.57. The van der Waals surface area contributed by atoms with Crippen molar-refractivity contribution in [2.75, 3.05) is 0 Å². The lowest BCUT2D eigenvalue weighted by molar-refractivity contribution is -0.419. The molecule has 0 spiro atoms. The molecule has 0 amide bonds. The molecule has 0 bridgehead atoms. The summed E-state index contributed by atoms with van der Waals surface area (Å²) in [4.78, 5) is 0. The van der Waals surface area contributed by atoms with E-state index in [2.05, 4.69) is 0 Å². The van der Waals surface area contributed by atoms with Gasteiger partial charge in [-0.1, -0.05) is 0 Å². The molecule has 0 aromatic heterocycles. The van der Waals surface area contributed by atoms with E-state index in [0.717, 1.165) is 0 Å². The van der Waals surface area contributed by atoms with Gasteiger partial charge in [0.25, 0.3) is 0 Å². The Bertz CT molecular complexity index is 331. The van der Waals surface area contributed by atoms with Gasteiger partial charge in [-0.2, -0.15) is 43.9 Å². The first-order chi connectivity index (χ1) is 7.94. The van der Waals surface area contributed by atoms with Gasteiger partial charge in [-0.15, -0.1) is 0 Å². The molecule has 0 heterocycles. The highest BCUT2D eigenvalue weighted by molar-refractivity contribution is 5.07. The van der Waals surface area contributed by atoms with E-state index in [-0.39, 0.29) is 0 Å². The lowest BCUT2D eigenvalue weighted by Gasteiger charge is -2.38. The summed E-state index contributed by atoms with van der Waals surface area (Å²) in [5.41, 5.74) is 0. The summed E-state index contributed by atoms with van der Waals surface area (Å²) in [6, 6.07) is 0. The first kappa shape index (κ1) is 18.2. The van der Waals surface area contributed by atoms with E-state index in [1.807, 2.05) is 0 Å². The van der Waals surface area contributed by atoms with Gasteiger partial charge in [0.1, 0.15) is 0 Å². The van der Waals surface area contributed by atoms with Crippen molar-refractivity contribution in [3.05, 3.63) is 0 Å². The Hall–Kier alpha value is -0.780. The molecule has 0 aliphatic heterocycles. The Kier molecular flexibility index (Phi) is 4.18. The van der Waals surface area contributed by atoms with Crippen LogP contribution in [0.25, 0.3) is 0 Å². The molecule has 0 saturated carbocycles. The normalized spacial score (nSPS) is 16.1. The second-order valence-corrected chi connectivity index (χ2v) is 3.61. The molecule has 0 saturated heterocycles. The second kappa shape index (κ2) is 4.36. The van der Waals surface area contributed by atoms with Gasteiger partial charge in [0.05, 0.1) is 0 Å². The fourth-order valence-electron chi connectivity index (χ4n) is 0.844. The van der Waals surface area contributed by atoms with Gasteiger partial charge >= 0.3 is 29.6 Å². The van der Waals surface area contributed by atoms with Crippen molar-refractivity contribution in [3.63, 3.8) is 0 Å². The van der Waals surface area contributed by atoms with E-state index in [1.54, 1.807) is 0 Å². The summed E-state index contributed by atoms with van der Waals surface area (Å²) in [5.74, 6) is -33.5. The van der Waals surface area contributed by atoms with E-state index < -0.39 is 42.8 Å². The van der Waals surface area contributed by atoms with Crippen LogP contribution in [0, 0.1) is 0 Å². The summed E-state index contributed by atoms with van der Waals surface area (Å²) in [5, 5.41) is 15.6. The quantitative estimate of drug-likeness (QED) is 0.605. The minimum absolute atomic E-state index is 0.884. The third-order valence-corrected chi connectivity index (χ3v) is 2.08. The lowest BCUT2D eigenvalue weighted by atomic mass is 9.95. The van der Waals surface area contributed by atoms with Crippen molar-refractivity contribution in [2.45, 2.75) is 42.8 Å². The molecule has 0 aromatic carbocycles. The first-order valence-corrected chi connectivity index (χ1v) is 4.19. The average molecular weight is 312 g/mol. The van der Waals surface area contributed by atoms with Crippen molar-refractivity contribution in [1.82, 2.24) is 0 Å². The zero-order valence-electron chi connectivity index (χ0n) is 8.75. The Morgan fingerprint density at radius 1 is 0.632 bits per heavy atom. The van der Waals surface area contributed by atoms with Crippen LogP contribution in [0.4, 0.5) is 43.9 Å². The minimum Gasteiger partial charge on any atom is -0.363 e. The molecule has 2 nitrogen and oxygen atoms in total. The summed E-state index contributed by atoms with van der Waals surface area (Å²) in [6.45, 7) is -0.884. The highest BCUT2D eigenvalue weighted by atomic mass is 19.4. The SMILES string of the molecule is CC(F)(F)C(F)(F)C(F)(F)C(F)(F)C(F)(F)C(O)O. The molecule has 0 radical (unpaired) electrons. The van der Waals surface area contributed by atoms with Crippen LogP contribution >= 0.6 is 0 Å². The molecular weight excluding hydrogens is 306 g/mol. The number of halogens is 10. The van der Waals surface area contributed by atoms with Crippen molar-refractivity contribution in [2.24, 2.45) is 0 Å². The maximum Gasteiger partial charge on any atom is 0.384 e. The number of hydrogen-bond acceptors (Lipinski definition) is 2. The Morgan fingerprint density at radius 3 is 1.16 bits per heavy atom. The van der Waals surface area contributed by atoms with Crippen LogP contribution in [0.1, 0.15) is 6.92 Å². The van der Waals surface area contributed by atoms with Gasteiger partial charge in [0, 0.05) is 6.92 Å². The first-order valence-electron chi connectivity index (χ1n) is 4.19. The Morgan fingerprint density at radius 2 is 0.947 bits per heavy atom. The van der Waals surface area contributed by atoms with Gasteiger partial charge in [0.15, 0.2) is 0 Å². The maximum atomic E-state index is 12.6. The topological polar surface area (TPSA) is 40.5 Å². The van der Waals surface area contributed by atoms with Crippen LogP contribution in [0.5, 0.6) is 0 Å². The number of aliphatic hydroxyl groups is 2. The smallest absolute Gasteiger partial charge is 0.363 e. The largest absolute Gasteiger partial charge is 0.384 e. The van der Waals surface area contributed by atoms with Gasteiger partial charge in [-0.3, -0.25) is 0 Å². The zero-order valence-corrected chi connectivity index (χ0v) is 8.75. The molecule has 19 heavy (non-hydrogen) atoms. The van der Waals surface area contributed by atoms with Crippen molar-refractivity contribution in [1.29, 1.82) is 0 Å². The highest BCUT2D eigenvalue weighted by Gasteiger charge is 2.86. The third-order valence-electron chi connectivity index (χ3n) is 2.08. The van der Waals surface area contributed by atoms with Gasteiger partial charge in [-0.05, 0) is 0 Å². The van der Waals surface area contributed by atoms with Crippen LogP contribution < -0.4 is 0 Å². The molecule has 0 aliphatic carbocycles. The van der Waals surface area contributed by atoms with Crippen LogP contribution in [0.2, 0.25) is 0 Å². The van der Waals surface area contributed by atoms with Gasteiger partial charge in [-0.25, -0.2) is 0 Å². The van der Waals surface area contributed by atoms with E-state index in [1.165, 1.54) is 0 Å². The molecule has 0 aromatic rings. The summed E-state index contributed by atoms with van der Waals surface area (Å²) >= 11 is 0. The van der Waals surface area contributed by atoms with Crippen LogP contribution in [0.15, 0.2) is 0 Å². The van der Waals surface area contributed by atoms with E-state index in [0.29, 0.717) is 0 Å². The zero-order chi connectivity index (χ0) is 16.1. The van der Waals surface area contributed by atoms with E-state index >= 15 is 0 Å². The number of rotatable bonds is 5. The van der Waals surface area contributed by atoms with Crippen molar-refractivity contribution < 1.29 is 54.1 Å². The minimum atomic E-state index is -7.24. The molecule has 0 atom stereocenters. The molecule has 0 aliphatic rings. The summed E-state index contributed by atoms with van der Waals surface area (Å²) in [6.07, 6.45) is -4.46. The van der Waals surface area contributed by atoms with E-state index in [9.17, 15) is 43.9 Å². The Labute approximate surface area is 98.2 Å². The molecule has 0 unspecified atom stereocenters. The Balaban J connectivity index is 5.92. The maximum absolute atomic E-state index is 12.6. The molecule has 0 fully saturated rings. The summed E-state index contributed by atoms with van der Waals surface area (Å²) < 4.78 is 125. The molecule has 0 rings (SSSR count). The number of alkyl halides is 10. The number of aliphatic hydroxyl groups excluding tert-OH is 1. The number of hydrogen-bond donors (Lipinski definition) is 2. The van der Waals surface area contributed by atoms with Gasteiger partial charge < -0.3 is 10.2 Å². The second-order valence-electron chi connectivity index (χ2n) is 3.61. The van der Waals surface area contributed by atoms with Crippen molar-refractivity contribution in [3.8, 4) is 0 Å². The van der Waals surface area contributed by atoms with Crippen LogP contribution in [0.3, 0.4) is 0 Å².